The molecule has 0 atom stereocenters. The first-order valence-corrected chi connectivity index (χ1v) is 10.7. The highest BCUT2D eigenvalue weighted by atomic mass is 79.9. The molecule has 2 amide bonds. The number of carbonyl (C=O) groups is 2. The first-order chi connectivity index (χ1) is 13.9. The van der Waals surface area contributed by atoms with Crippen LogP contribution in [0.5, 0.6) is 5.75 Å². The molecule has 0 saturated heterocycles. The minimum absolute atomic E-state index is 0.0724. The van der Waals surface area contributed by atoms with Gasteiger partial charge in [-0.2, -0.15) is 0 Å². The van der Waals surface area contributed by atoms with Gasteiger partial charge in [-0.05, 0) is 89.3 Å². The lowest BCUT2D eigenvalue weighted by Gasteiger charge is -2.20. The zero-order valence-corrected chi connectivity index (χ0v) is 20.0. The summed E-state index contributed by atoms with van der Waals surface area (Å²) in [6.45, 7) is 9.54. The molecule has 30 heavy (non-hydrogen) atoms. The fourth-order valence-electron chi connectivity index (χ4n) is 2.49. The molecule has 0 aliphatic carbocycles. The largest absolute Gasteiger partial charge is 0.490 e. The SMILES string of the molecule is CC(C)Oc1ccc(Br)cc1C(=O)NC(=S)Nc1ccc(C(=O)NC(C)(C)C)cc1. The molecule has 0 spiro atoms. The smallest absolute Gasteiger partial charge is 0.261 e. The Bertz CT molecular complexity index is 938. The van der Waals surface area contributed by atoms with Crippen LogP contribution < -0.4 is 20.7 Å². The standard InChI is InChI=1S/C22H26BrN3O3S/c1-13(2)29-18-11-8-15(23)12-17(18)20(28)25-21(30)24-16-9-6-14(7-10-16)19(27)26-22(3,4)5/h6-13H,1-5H3,(H,26,27)(H2,24,25,28,30). The van der Waals surface area contributed by atoms with Crippen LogP contribution in [0.1, 0.15) is 55.3 Å². The third-order valence-corrected chi connectivity index (χ3v) is 4.37. The molecule has 2 aromatic carbocycles. The van der Waals surface area contributed by atoms with E-state index in [-0.39, 0.29) is 28.6 Å². The van der Waals surface area contributed by atoms with Crippen LogP contribution in [-0.2, 0) is 0 Å². The molecular formula is C22H26BrN3O3S. The van der Waals surface area contributed by atoms with E-state index in [2.05, 4.69) is 31.9 Å². The number of hydrogen-bond donors (Lipinski definition) is 3. The van der Waals surface area contributed by atoms with Crippen molar-refractivity contribution in [3.8, 4) is 5.75 Å². The number of nitrogens with one attached hydrogen (secondary N) is 3. The van der Waals surface area contributed by atoms with Gasteiger partial charge < -0.3 is 15.4 Å². The van der Waals surface area contributed by atoms with Gasteiger partial charge in [0.25, 0.3) is 11.8 Å². The molecule has 2 rings (SSSR count). The summed E-state index contributed by atoms with van der Waals surface area (Å²) in [6, 6.07) is 12.1. The van der Waals surface area contributed by atoms with E-state index < -0.39 is 0 Å². The lowest BCUT2D eigenvalue weighted by molar-refractivity contribution is 0.0918. The van der Waals surface area contributed by atoms with Crippen molar-refractivity contribution in [3.63, 3.8) is 0 Å². The molecule has 0 aromatic heterocycles. The van der Waals surface area contributed by atoms with Crippen molar-refractivity contribution in [1.82, 2.24) is 10.6 Å². The molecule has 3 N–H and O–H groups in total. The summed E-state index contributed by atoms with van der Waals surface area (Å²) in [5, 5.41) is 8.65. The van der Waals surface area contributed by atoms with Crippen molar-refractivity contribution < 1.29 is 14.3 Å². The molecule has 0 aliphatic rings. The van der Waals surface area contributed by atoms with Crippen molar-refractivity contribution in [2.24, 2.45) is 0 Å². The molecular weight excluding hydrogens is 466 g/mol. The number of carbonyl (C=O) groups excluding carboxylic acids is 2. The van der Waals surface area contributed by atoms with Crippen LogP contribution in [0.2, 0.25) is 0 Å². The highest BCUT2D eigenvalue weighted by Gasteiger charge is 2.17. The van der Waals surface area contributed by atoms with Crippen LogP contribution in [-0.4, -0.2) is 28.6 Å². The van der Waals surface area contributed by atoms with E-state index in [1.165, 1.54) is 0 Å². The Morgan fingerprint density at radius 2 is 1.67 bits per heavy atom. The van der Waals surface area contributed by atoms with Crippen molar-refractivity contribution in [2.45, 2.75) is 46.3 Å². The van der Waals surface area contributed by atoms with Gasteiger partial charge in [-0.25, -0.2) is 0 Å². The van der Waals surface area contributed by atoms with Gasteiger partial charge in [0.1, 0.15) is 5.75 Å². The summed E-state index contributed by atoms with van der Waals surface area (Å²) in [5.74, 6) is -0.0643. The second-order valence-corrected chi connectivity index (χ2v) is 9.32. The maximum absolute atomic E-state index is 12.7. The fourth-order valence-corrected chi connectivity index (χ4v) is 3.06. The number of thiocarbonyl (C=S) groups is 1. The minimum atomic E-state index is -0.384. The molecule has 2 aromatic rings. The topological polar surface area (TPSA) is 79.5 Å². The zero-order chi connectivity index (χ0) is 22.5. The Kier molecular flexibility index (Phi) is 7.97. The van der Waals surface area contributed by atoms with Crippen LogP contribution in [0.25, 0.3) is 0 Å². The highest BCUT2D eigenvalue weighted by Crippen LogP contribution is 2.24. The second kappa shape index (κ2) is 10.0. The Morgan fingerprint density at radius 1 is 1.03 bits per heavy atom. The molecule has 0 aliphatic heterocycles. The van der Waals surface area contributed by atoms with Crippen molar-refractivity contribution in [1.29, 1.82) is 0 Å². The van der Waals surface area contributed by atoms with Crippen molar-refractivity contribution in [2.75, 3.05) is 5.32 Å². The number of halogens is 1. The number of hydrogen-bond acceptors (Lipinski definition) is 4. The van der Waals surface area contributed by atoms with E-state index in [4.69, 9.17) is 17.0 Å². The van der Waals surface area contributed by atoms with E-state index in [0.717, 1.165) is 4.47 Å². The van der Waals surface area contributed by atoms with E-state index >= 15 is 0 Å². The van der Waals surface area contributed by atoms with Gasteiger partial charge in [0.05, 0.1) is 11.7 Å². The van der Waals surface area contributed by atoms with Gasteiger partial charge in [-0.1, -0.05) is 15.9 Å². The quantitative estimate of drug-likeness (QED) is 0.518. The van der Waals surface area contributed by atoms with Gasteiger partial charge >= 0.3 is 0 Å². The van der Waals surface area contributed by atoms with Crippen LogP contribution in [0.15, 0.2) is 46.9 Å². The summed E-state index contributed by atoms with van der Waals surface area (Å²) < 4.78 is 6.46. The Labute approximate surface area is 190 Å². The van der Waals surface area contributed by atoms with Crippen LogP contribution in [0.3, 0.4) is 0 Å². The van der Waals surface area contributed by atoms with Crippen LogP contribution in [0, 0.1) is 0 Å². The molecule has 0 bridgehead atoms. The molecule has 0 unspecified atom stereocenters. The highest BCUT2D eigenvalue weighted by molar-refractivity contribution is 9.10. The average Bonchev–Trinajstić information content (AvgIpc) is 2.61. The predicted octanol–water partition coefficient (Wildman–Crippen LogP) is 4.89. The lowest BCUT2D eigenvalue weighted by Crippen LogP contribution is -2.40. The third kappa shape index (κ3) is 7.42. The monoisotopic (exact) mass is 491 g/mol. The average molecular weight is 492 g/mol. The number of rotatable bonds is 5. The van der Waals surface area contributed by atoms with E-state index in [1.807, 2.05) is 40.7 Å². The molecule has 160 valence electrons. The third-order valence-electron chi connectivity index (χ3n) is 3.67. The number of anilines is 1. The Balaban J connectivity index is 2.03. The predicted molar refractivity (Wildman–Crippen MR) is 127 cm³/mol. The van der Waals surface area contributed by atoms with Gasteiger partial charge in [-0.15, -0.1) is 0 Å². The summed E-state index contributed by atoms with van der Waals surface area (Å²) >= 11 is 8.63. The number of ether oxygens (including phenoxy) is 1. The van der Waals surface area contributed by atoms with Gasteiger partial charge in [0.15, 0.2) is 5.11 Å². The summed E-state index contributed by atoms with van der Waals surface area (Å²) in [4.78, 5) is 24.9. The maximum Gasteiger partial charge on any atom is 0.261 e. The van der Waals surface area contributed by atoms with Crippen molar-refractivity contribution in [3.05, 3.63) is 58.1 Å². The van der Waals surface area contributed by atoms with Crippen LogP contribution in [0.4, 0.5) is 5.69 Å². The van der Waals surface area contributed by atoms with E-state index in [9.17, 15) is 9.59 Å². The number of amides is 2. The molecule has 0 saturated carbocycles. The van der Waals surface area contributed by atoms with Gasteiger partial charge in [0.2, 0.25) is 0 Å². The second-order valence-electron chi connectivity index (χ2n) is 8.00. The lowest BCUT2D eigenvalue weighted by atomic mass is 10.1. The molecule has 0 fully saturated rings. The summed E-state index contributed by atoms with van der Waals surface area (Å²) in [6.07, 6.45) is -0.0724. The molecule has 8 heteroatoms. The maximum atomic E-state index is 12.7. The first-order valence-electron chi connectivity index (χ1n) is 9.46. The Morgan fingerprint density at radius 3 is 2.23 bits per heavy atom. The summed E-state index contributed by atoms with van der Waals surface area (Å²) in [7, 11) is 0. The zero-order valence-electron chi connectivity index (χ0n) is 17.6. The minimum Gasteiger partial charge on any atom is -0.490 e. The normalized spacial score (nSPS) is 11.0. The van der Waals surface area contributed by atoms with Crippen LogP contribution >= 0.6 is 28.1 Å². The molecule has 0 radical (unpaired) electrons. The number of benzene rings is 2. The molecule has 0 heterocycles. The van der Waals surface area contributed by atoms with Gasteiger partial charge in [0, 0.05) is 21.3 Å². The van der Waals surface area contributed by atoms with Gasteiger partial charge in [-0.3, -0.25) is 14.9 Å². The molecule has 6 nitrogen and oxygen atoms in total. The summed E-state index contributed by atoms with van der Waals surface area (Å²) in [5.41, 5.74) is 1.25. The first kappa shape index (κ1) is 23.8. The van der Waals surface area contributed by atoms with E-state index in [1.54, 1.807) is 36.4 Å². The fraction of sp³-hybridized carbons (Fsp3) is 0.318. The van der Waals surface area contributed by atoms with E-state index in [0.29, 0.717) is 22.6 Å². The Hall–Kier alpha value is -2.45. The van der Waals surface area contributed by atoms with Crippen molar-refractivity contribution >= 4 is 50.8 Å².